The van der Waals surface area contributed by atoms with Gasteiger partial charge in [-0.15, -0.1) is 11.3 Å². The van der Waals surface area contributed by atoms with Crippen LogP contribution in [0.3, 0.4) is 0 Å². The van der Waals surface area contributed by atoms with Gasteiger partial charge in [-0.3, -0.25) is 25.1 Å². The number of carbonyl (C=O) groups excluding carboxylic acids is 1. The Kier molecular flexibility index (Phi) is 5.85. The van der Waals surface area contributed by atoms with Gasteiger partial charge in [0.15, 0.2) is 0 Å². The topological polar surface area (TPSA) is 107 Å². The van der Waals surface area contributed by atoms with E-state index in [2.05, 4.69) is 10.4 Å². The van der Waals surface area contributed by atoms with Crippen LogP contribution >= 0.6 is 22.9 Å². The molecule has 0 spiro atoms. The molecule has 2 aromatic carbocycles. The van der Waals surface area contributed by atoms with Gasteiger partial charge in [-0.05, 0) is 30.2 Å². The third-order valence-electron chi connectivity index (χ3n) is 4.68. The number of carbonyl (C=O) groups is 1. The quantitative estimate of drug-likeness (QED) is 0.259. The van der Waals surface area contributed by atoms with E-state index in [0.717, 1.165) is 20.7 Å². The highest BCUT2D eigenvalue weighted by molar-refractivity contribution is 7.19. The van der Waals surface area contributed by atoms with Crippen molar-refractivity contribution in [3.8, 4) is 11.1 Å². The van der Waals surface area contributed by atoms with Crippen LogP contribution in [0.4, 0.5) is 5.69 Å². The number of hydrogen-bond acceptors (Lipinski definition) is 6. The van der Waals surface area contributed by atoms with Crippen LogP contribution < -0.4 is 11.0 Å². The first-order chi connectivity index (χ1) is 15.3. The van der Waals surface area contributed by atoms with E-state index in [0.29, 0.717) is 15.8 Å². The number of fused-ring (bicyclic) bond motifs is 1. The summed E-state index contributed by atoms with van der Waals surface area (Å²) in [6.07, 6.45) is 3.81. The number of nitrogens with zero attached hydrogens (tertiary/aromatic N) is 3. The van der Waals surface area contributed by atoms with E-state index in [1.807, 2.05) is 37.3 Å². The molecule has 0 saturated carbocycles. The highest BCUT2D eigenvalue weighted by Crippen LogP contribution is 2.35. The largest absolute Gasteiger partial charge is 0.288 e. The van der Waals surface area contributed by atoms with Crippen LogP contribution in [0.2, 0.25) is 5.02 Å². The Bertz CT molecular complexity index is 1440. The summed E-state index contributed by atoms with van der Waals surface area (Å²) in [7, 11) is 0. The van der Waals surface area contributed by atoms with Gasteiger partial charge in [-0.25, -0.2) is 9.66 Å². The van der Waals surface area contributed by atoms with E-state index in [9.17, 15) is 19.7 Å². The van der Waals surface area contributed by atoms with E-state index in [1.165, 1.54) is 41.9 Å². The molecule has 0 saturated heterocycles. The summed E-state index contributed by atoms with van der Waals surface area (Å²) >= 11 is 7.21. The fourth-order valence-electron chi connectivity index (χ4n) is 3.24. The molecule has 0 aliphatic heterocycles. The third-order valence-corrected chi connectivity index (χ3v) is 6.01. The molecular weight excluding hydrogens is 452 g/mol. The van der Waals surface area contributed by atoms with Crippen molar-refractivity contribution in [2.24, 2.45) is 0 Å². The van der Waals surface area contributed by atoms with Gasteiger partial charge < -0.3 is 0 Å². The van der Waals surface area contributed by atoms with E-state index in [-0.39, 0.29) is 10.7 Å². The summed E-state index contributed by atoms with van der Waals surface area (Å²) in [4.78, 5) is 41.7. The highest BCUT2D eigenvalue weighted by Gasteiger charge is 2.17. The fraction of sp³-hybridized carbons (Fsp3) is 0.0455. The van der Waals surface area contributed by atoms with Gasteiger partial charge in [-0.1, -0.05) is 48.0 Å². The van der Waals surface area contributed by atoms with Gasteiger partial charge in [-0.2, -0.15) is 0 Å². The number of benzene rings is 2. The van der Waals surface area contributed by atoms with Gasteiger partial charge in [0, 0.05) is 22.6 Å². The molecule has 0 radical (unpaired) electrons. The second-order valence-electron chi connectivity index (χ2n) is 6.78. The second-order valence-corrected chi connectivity index (χ2v) is 8.39. The molecular formula is C22H15ClN4O4S. The smallest absolute Gasteiger partial charge is 0.268 e. The Labute approximate surface area is 190 Å². The van der Waals surface area contributed by atoms with Crippen LogP contribution in [0.1, 0.15) is 10.4 Å². The van der Waals surface area contributed by atoms with Gasteiger partial charge in [0.2, 0.25) is 0 Å². The number of aromatic nitrogens is 2. The average molecular weight is 467 g/mol. The summed E-state index contributed by atoms with van der Waals surface area (Å²) in [5.41, 5.74) is 3.90. The Hall–Kier alpha value is -3.82. The molecule has 2 aromatic heterocycles. The molecule has 10 heteroatoms. The van der Waals surface area contributed by atoms with Gasteiger partial charge in [0.05, 0.1) is 10.3 Å². The number of nitro benzene ring substituents is 1. The lowest BCUT2D eigenvalue weighted by Gasteiger charge is -2.06. The monoisotopic (exact) mass is 466 g/mol. The van der Waals surface area contributed by atoms with Crippen LogP contribution in [0.5, 0.6) is 0 Å². The fourth-order valence-corrected chi connectivity index (χ4v) is 4.43. The average Bonchev–Trinajstić information content (AvgIpc) is 3.12. The molecule has 160 valence electrons. The van der Waals surface area contributed by atoms with Crippen molar-refractivity contribution >= 4 is 50.8 Å². The normalized spacial score (nSPS) is 11.2. The number of thiophene rings is 1. The summed E-state index contributed by atoms with van der Waals surface area (Å²) < 4.78 is 1.03. The molecule has 2 heterocycles. The lowest BCUT2D eigenvalue weighted by atomic mass is 10.0. The molecule has 1 N–H and O–H groups in total. The van der Waals surface area contributed by atoms with E-state index in [4.69, 9.17) is 11.6 Å². The number of hydrogen-bond donors (Lipinski definition) is 1. The number of rotatable bonds is 5. The lowest BCUT2D eigenvalue weighted by molar-refractivity contribution is -0.384. The molecule has 4 rings (SSSR count). The second kappa shape index (κ2) is 8.74. The van der Waals surface area contributed by atoms with Crippen molar-refractivity contribution in [2.45, 2.75) is 6.92 Å². The van der Waals surface area contributed by atoms with Crippen molar-refractivity contribution in [2.75, 3.05) is 5.43 Å². The Morgan fingerprint density at radius 3 is 2.72 bits per heavy atom. The van der Waals surface area contributed by atoms with Crippen molar-refractivity contribution in [3.05, 3.63) is 96.9 Å². The molecule has 8 nitrogen and oxygen atoms in total. The Balaban J connectivity index is 1.64. The molecule has 0 atom stereocenters. The predicted molar refractivity (Wildman–Crippen MR) is 126 cm³/mol. The molecule has 0 aliphatic rings. The van der Waals surface area contributed by atoms with Gasteiger partial charge >= 0.3 is 0 Å². The maximum absolute atomic E-state index is 13.1. The standard InChI is InChI=1S/C22H15ClN4O4S/c1-13-19(15-5-3-2-4-6-15)20-21(32-13)24-12-26(22(20)29)25-18(28)10-8-14-7-9-16(23)17(11-14)27(30)31/h2-12H,1H3,(H,25,28)/b10-8+. The minimum Gasteiger partial charge on any atom is -0.268 e. The lowest BCUT2D eigenvalue weighted by Crippen LogP contribution is -2.32. The highest BCUT2D eigenvalue weighted by atomic mass is 35.5. The van der Waals surface area contributed by atoms with Crippen molar-refractivity contribution in [1.82, 2.24) is 9.66 Å². The van der Waals surface area contributed by atoms with Crippen LogP contribution in [0, 0.1) is 17.0 Å². The van der Waals surface area contributed by atoms with Crippen LogP contribution in [0.25, 0.3) is 27.4 Å². The Morgan fingerprint density at radius 1 is 1.25 bits per heavy atom. The van der Waals surface area contributed by atoms with E-state index in [1.54, 1.807) is 6.07 Å². The summed E-state index contributed by atoms with van der Waals surface area (Å²) in [6, 6.07) is 13.7. The number of nitrogens with one attached hydrogen (secondary N) is 1. The molecule has 4 aromatic rings. The first-order valence-electron chi connectivity index (χ1n) is 9.34. The molecule has 32 heavy (non-hydrogen) atoms. The maximum Gasteiger partial charge on any atom is 0.288 e. The summed E-state index contributed by atoms with van der Waals surface area (Å²) in [5.74, 6) is -0.598. The molecule has 0 fully saturated rings. The van der Waals surface area contributed by atoms with Crippen LogP contribution in [-0.4, -0.2) is 20.5 Å². The first-order valence-corrected chi connectivity index (χ1v) is 10.5. The minimum absolute atomic E-state index is 0.00260. The molecule has 0 bridgehead atoms. The van der Waals surface area contributed by atoms with Crippen molar-refractivity contribution in [3.63, 3.8) is 0 Å². The SMILES string of the molecule is Cc1sc2ncn(NC(=O)/C=C/c3ccc(Cl)c([N+](=O)[O-])c3)c(=O)c2c1-c1ccccc1. The van der Waals surface area contributed by atoms with Crippen molar-refractivity contribution < 1.29 is 9.72 Å². The third kappa shape index (κ3) is 4.16. The van der Waals surface area contributed by atoms with Crippen molar-refractivity contribution in [1.29, 1.82) is 0 Å². The van der Waals surface area contributed by atoms with Crippen LogP contribution in [-0.2, 0) is 4.79 Å². The molecule has 1 amide bonds. The predicted octanol–water partition coefficient (Wildman–Crippen LogP) is 4.78. The molecule has 0 unspecified atom stereocenters. The van der Waals surface area contributed by atoms with E-state index < -0.39 is 16.4 Å². The number of aryl methyl sites for hydroxylation is 1. The number of amides is 1. The first kappa shape index (κ1) is 21.4. The number of nitro groups is 1. The van der Waals surface area contributed by atoms with Gasteiger partial charge in [0.25, 0.3) is 17.2 Å². The van der Waals surface area contributed by atoms with Crippen LogP contribution in [0.15, 0.2) is 65.7 Å². The van der Waals surface area contributed by atoms with E-state index >= 15 is 0 Å². The summed E-state index contributed by atoms with van der Waals surface area (Å²) in [5, 5.41) is 11.4. The Morgan fingerprint density at radius 2 is 2.00 bits per heavy atom. The minimum atomic E-state index is -0.604. The zero-order valence-electron chi connectivity index (χ0n) is 16.6. The zero-order chi connectivity index (χ0) is 22.8. The zero-order valence-corrected chi connectivity index (χ0v) is 18.2. The van der Waals surface area contributed by atoms with Gasteiger partial charge in [0.1, 0.15) is 16.2 Å². The summed E-state index contributed by atoms with van der Waals surface area (Å²) in [6.45, 7) is 1.92. The number of halogens is 1. The molecule has 0 aliphatic carbocycles. The maximum atomic E-state index is 13.1.